The molecule has 0 aromatic carbocycles. The molecular weight excluding hydrogens is 296 g/mol. The quantitative estimate of drug-likeness (QED) is 0.440. The maximum absolute atomic E-state index is 11.8. The highest BCUT2D eigenvalue weighted by atomic mass is 35.5. The second-order valence-electron chi connectivity index (χ2n) is 4.22. The Morgan fingerprint density at radius 2 is 2.06 bits per heavy atom. The first-order chi connectivity index (χ1) is 8.46. The molecule has 0 heterocycles. The van der Waals surface area contributed by atoms with E-state index in [-0.39, 0.29) is 22.7 Å². The van der Waals surface area contributed by atoms with Crippen molar-refractivity contribution >= 4 is 30.9 Å². The Morgan fingerprint density at radius 1 is 1.44 bits per heavy atom. The zero-order chi connectivity index (χ0) is 13.6. The van der Waals surface area contributed by atoms with Gasteiger partial charge in [-0.3, -0.25) is 0 Å². The highest BCUT2D eigenvalue weighted by Gasteiger charge is 2.29. The van der Waals surface area contributed by atoms with E-state index in [2.05, 4.69) is 11.7 Å². The lowest BCUT2D eigenvalue weighted by Crippen LogP contribution is -2.16. The third kappa shape index (κ3) is 5.33. The van der Waals surface area contributed by atoms with Crippen molar-refractivity contribution in [2.75, 3.05) is 6.54 Å². The van der Waals surface area contributed by atoms with Gasteiger partial charge in [0.25, 0.3) is 0 Å². The Morgan fingerprint density at radius 3 is 2.56 bits per heavy atom. The molecule has 18 heavy (non-hydrogen) atoms. The minimum absolute atomic E-state index is 0.0229. The lowest BCUT2D eigenvalue weighted by atomic mass is 9.88. The van der Waals surface area contributed by atoms with Crippen LogP contribution in [0, 0.1) is 5.92 Å². The van der Waals surface area contributed by atoms with Crippen molar-refractivity contribution in [2.24, 2.45) is 5.92 Å². The topological polar surface area (TPSA) is 58.6 Å². The van der Waals surface area contributed by atoms with E-state index in [1.165, 1.54) is 6.08 Å². The second kappa shape index (κ2) is 7.56. The molecule has 104 valence electrons. The van der Waals surface area contributed by atoms with Gasteiger partial charge >= 0.3 is 7.75 Å². The largest absolute Gasteiger partial charge is 0.456 e. The summed E-state index contributed by atoms with van der Waals surface area (Å²) >= 11 is 11.5. The molecule has 1 aliphatic carbocycles. The van der Waals surface area contributed by atoms with E-state index in [0.29, 0.717) is 0 Å². The van der Waals surface area contributed by atoms with Gasteiger partial charge in [0.1, 0.15) is 10.3 Å². The first kappa shape index (κ1) is 16.1. The standard InChI is InChI=1S/C11H18Cl2NO3P/c1-2-8-14-18(15,16)17-10(11(12)13)9-6-4-3-5-7-9/h2,9H,1,3-8H2,(H2,14,15,16). The third-order valence-electron chi connectivity index (χ3n) is 2.82. The smallest absolute Gasteiger partial charge is 0.415 e. The molecule has 1 saturated carbocycles. The molecule has 0 radical (unpaired) electrons. The average molecular weight is 314 g/mol. The summed E-state index contributed by atoms with van der Waals surface area (Å²) in [6.07, 6.45) is 6.48. The van der Waals surface area contributed by atoms with Crippen LogP contribution in [0.4, 0.5) is 0 Å². The van der Waals surface area contributed by atoms with E-state index in [1.54, 1.807) is 0 Å². The summed E-state index contributed by atoms with van der Waals surface area (Å²) in [5, 5.41) is 2.35. The van der Waals surface area contributed by atoms with Crippen molar-refractivity contribution in [1.29, 1.82) is 0 Å². The molecular formula is C11H18Cl2NO3P. The van der Waals surface area contributed by atoms with Gasteiger partial charge in [-0.1, -0.05) is 48.5 Å². The third-order valence-corrected chi connectivity index (χ3v) is 4.22. The first-order valence-electron chi connectivity index (χ1n) is 5.90. The normalized spacial score (nSPS) is 19.9. The molecule has 7 heteroatoms. The molecule has 0 aromatic rings. The summed E-state index contributed by atoms with van der Waals surface area (Å²) in [5.41, 5.74) is 0. The molecule has 0 aliphatic heterocycles. The van der Waals surface area contributed by atoms with Crippen LogP contribution >= 0.6 is 30.9 Å². The van der Waals surface area contributed by atoms with Crippen LogP contribution in [0.5, 0.6) is 0 Å². The molecule has 1 unspecified atom stereocenters. The van der Waals surface area contributed by atoms with E-state index in [0.717, 1.165) is 32.1 Å². The molecule has 1 fully saturated rings. The number of allylic oxidation sites excluding steroid dienone is 1. The molecule has 2 N–H and O–H groups in total. The number of hydrogen-bond donors (Lipinski definition) is 2. The number of rotatable bonds is 6. The number of nitrogens with one attached hydrogen (secondary N) is 1. The summed E-state index contributed by atoms with van der Waals surface area (Å²) in [5.74, 6) is 0.246. The van der Waals surface area contributed by atoms with E-state index >= 15 is 0 Å². The molecule has 1 aliphatic rings. The maximum Gasteiger partial charge on any atom is 0.456 e. The van der Waals surface area contributed by atoms with Crippen molar-refractivity contribution in [3.8, 4) is 0 Å². The van der Waals surface area contributed by atoms with E-state index in [4.69, 9.17) is 27.7 Å². The predicted molar refractivity (Wildman–Crippen MR) is 74.4 cm³/mol. The van der Waals surface area contributed by atoms with Crippen LogP contribution in [-0.4, -0.2) is 11.4 Å². The average Bonchev–Trinajstić information content (AvgIpc) is 2.34. The van der Waals surface area contributed by atoms with Crippen LogP contribution in [0.1, 0.15) is 32.1 Å². The van der Waals surface area contributed by atoms with Crippen molar-refractivity contribution < 1.29 is 14.0 Å². The predicted octanol–water partition coefficient (Wildman–Crippen LogP) is 4.11. The fourth-order valence-electron chi connectivity index (χ4n) is 1.97. The molecule has 1 atom stereocenters. The second-order valence-corrected chi connectivity index (χ2v) is 6.71. The van der Waals surface area contributed by atoms with Gasteiger partial charge in [0.15, 0.2) is 0 Å². The summed E-state index contributed by atoms with van der Waals surface area (Å²) in [4.78, 5) is 9.62. The minimum atomic E-state index is -3.93. The lowest BCUT2D eigenvalue weighted by Gasteiger charge is -2.26. The molecule has 0 aromatic heterocycles. The monoisotopic (exact) mass is 313 g/mol. The summed E-state index contributed by atoms with van der Waals surface area (Å²) in [6, 6.07) is 0. The van der Waals surface area contributed by atoms with E-state index in [9.17, 15) is 9.46 Å². The molecule has 0 spiro atoms. The SMILES string of the molecule is C=CCNP(=O)(O)OC(=C(Cl)Cl)C1CCCCC1. The minimum Gasteiger partial charge on any atom is -0.415 e. The molecule has 0 saturated heterocycles. The Kier molecular flexibility index (Phi) is 6.75. The highest BCUT2D eigenvalue weighted by molar-refractivity contribution is 7.50. The fraction of sp³-hybridized carbons (Fsp3) is 0.636. The van der Waals surface area contributed by atoms with E-state index < -0.39 is 7.75 Å². The van der Waals surface area contributed by atoms with Crippen LogP contribution in [0.3, 0.4) is 0 Å². The van der Waals surface area contributed by atoms with Gasteiger partial charge in [-0.25, -0.2) is 9.65 Å². The van der Waals surface area contributed by atoms with Crippen LogP contribution in [0.15, 0.2) is 22.9 Å². The fourth-order valence-corrected chi connectivity index (χ4v) is 3.40. The summed E-state index contributed by atoms with van der Waals surface area (Å²) < 4.78 is 16.8. The highest BCUT2D eigenvalue weighted by Crippen LogP contribution is 2.45. The van der Waals surface area contributed by atoms with E-state index in [1.807, 2.05) is 0 Å². The van der Waals surface area contributed by atoms with Gasteiger partial charge in [0, 0.05) is 12.5 Å². The van der Waals surface area contributed by atoms with Crippen molar-refractivity contribution in [3.63, 3.8) is 0 Å². The summed E-state index contributed by atoms with van der Waals surface area (Å²) in [7, 11) is -3.93. The Labute approximate surface area is 118 Å². The molecule has 1 rings (SSSR count). The Bertz CT molecular complexity index is 363. The molecule has 0 amide bonds. The number of halogens is 2. The van der Waals surface area contributed by atoms with Crippen molar-refractivity contribution in [2.45, 2.75) is 32.1 Å². The Balaban J connectivity index is 2.72. The van der Waals surface area contributed by atoms with Gasteiger partial charge in [-0.05, 0) is 12.8 Å². The van der Waals surface area contributed by atoms with Gasteiger partial charge in [-0.15, -0.1) is 6.58 Å². The van der Waals surface area contributed by atoms with Crippen LogP contribution in [0.25, 0.3) is 0 Å². The van der Waals surface area contributed by atoms with Gasteiger partial charge in [0.05, 0.1) is 0 Å². The van der Waals surface area contributed by atoms with Gasteiger partial charge in [0.2, 0.25) is 0 Å². The lowest BCUT2D eigenvalue weighted by molar-refractivity contribution is 0.250. The first-order valence-corrected chi connectivity index (χ1v) is 8.23. The van der Waals surface area contributed by atoms with Crippen molar-refractivity contribution in [1.82, 2.24) is 5.09 Å². The van der Waals surface area contributed by atoms with Crippen molar-refractivity contribution in [3.05, 3.63) is 22.9 Å². The molecule has 0 bridgehead atoms. The van der Waals surface area contributed by atoms with Crippen LogP contribution in [0.2, 0.25) is 0 Å². The zero-order valence-corrected chi connectivity index (χ0v) is 12.5. The van der Waals surface area contributed by atoms with Crippen LogP contribution < -0.4 is 5.09 Å². The van der Waals surface area contributed by atoms with Crippen LogP contribution in [-0.2, 0) is 9.09 Å². The zero-order valence-electron chi connectivity index (χ0n) is 10.1. The van der Waals surface area contributed by atoms with Gasteiger partial charge < -0.3 is 9.42 Å². The van der Waals surface area contributed by atoms with Gasteiger partial charge in [-0.2, -0.15) is 0 Å². The Hall–Kier alpha value is 0.01000. The maximum atomic E-state index is 11.8. The number of hydrogen-bond acceptors (Lipinski definition) is 2. The summed E-state index contributed by atoms with van der Waals surface area (Å²) in [6.45, 7) is 3.63. The molecule has 4 nitrogen and oxygen atoms in total.